The van der Waals surface area contributed by atoms with E-state index in [0.717, 1.165) is 5.56 Å². The Labute approximate surface area is 152 Å². The van der Waals surface area contributed by atoms with Crippen LogP contribution in [0.25, 0.3) is 0 Å². The lowest BCUT2D eigenvalue weighted by molar-refractivity contribution is -0.123. The third-order valence-electron chi connectivity index (χ3n) is 3.29. The molecule has 0 fully saturated rings. The molecule has 2 aromatic rings. The predicted octanol–water partition coefficient (Wildman–Crippen LogP) is 3.83. The van der Waals surface area contributed by atoms with E-state index < -0.39 is 0 Å². The van der Waals surface area contributed by atoms with Crippen LogP contribution in [-0.4, -0.2) is 25.7 Å². The summed E-state index contributed by atoms with van der Waals surface area (Å²) in [4.78, 5) is 11.9. The van der Waals surface area contributed by atoms with E-state index >= 15 is 0 Å². The maximum absolute atomic E-state index is 11.9. The molecule has 25 heavy (non-hydrogen) atoms. The van der Waals surface area contributed by atoms with Crippen molar-refractivity contribution in [3.8, 4) is 17.2 Å². The average Bonchev–Trinajstić information content (AvgIpc) is 2.61. The Morgan fingerprint density at radius 2 is 1.68 bits per heavy atom. The van der Waals surface area contributed by atoms with Crippen LogP contribution in [0, 0.1) is 0 Å². The second-order valence-corrected chi connectivity index (χ2v) is 5.55. The minimum atomic E-state index is -0.230. The first-order chi connectivity index (χ1) is 12.1. The van der Waals surface area contributed by atoms with Crippen LogP contribution in [0.3, 0.4) is 0 Å². The molecular formula is C19H22ClNO4. The van der Waals surface area contributed by atoms with Gasteiger partial charge in [0.25, 0.3) is 5.91 Å². The largest absolute Gasteiger partial charge is 0.490 e. The zero-order valence-electron chi connectivity index (χ0n) is 14.4. The fraction of sp³-hybridized carbons (Fsp3) is 0.316. The van der Waals surface area contributed by atoms with Gasteiger partial charge in [-0.15, -0.1) is 0 Å². The SMILES string of the molecule is CCOc1ccc(CNC(=O)COc2ccccc2Cl)cc1OCC. The summed E-state index contributed by atoms with van der Waals surface area (Å²) in [6.07, 6.45) is 0. The van der Waals surface area contributed by atoms with Crippen molar-refractivity contribution in [2.24, 2.45) is 0 Å². The van der Waals surface area contributed by atoms with E-state index in [1.54, 1.807) is 24.3 Å². The molecule has 0 aliphatic rings. The lowest BCUT2D eigenvalue weighted by atomic mass is 10.2. The summed E-state index contributed by atoms with van der Waals surface area (Å²) in [6, 6.07) is 12.6. The molecule has 0 bridgehead atoms. The molecule has 0 aromatic heterocycles. The van der Waals surface area contributed by atoms with Crippen molar-refractivity contribution in [2.75, 3.05) is 19.8 Å². The molecule has 1 N–H and O–H groups in total. The van der Waals surface area contributed by atoms with Gasteiger partial charge in [0.1, 0.15) is 5.75 Å². The molecule has 0 aliphatic carbocycles. The van der Waals surface area contributed by atoms with Crippen LogP contribution >= 0.6 is 11.6 Å². The summed E-state index contributed by atoms with van der Waals surface area (Å²) in [5, 5.41) is 3.28. The molecule has 0 heterocycles. The van der Waals surface area contributed by atoms with Gasteiger partial charge in [-0.2, -0.15) is 0 Å². The van der Waals surface area contributed by atoms with Gasteiger partial charge in [0.05, 0.1) is 18.2 Å². The van der Waals surface area contributed by atoms with Crippen LogP contribution in [0.5, 0.6) is 17.2 Å². The summed E-state index contributed by atoms with van der Waals surface area (Å²) >= 11 is 5.99. The first kappa shape index (κ1) is 18.9. The van der Waals surface area contributed by atoms with Gasteiger partial charge in [-0.25, -0.2) is 0 Å². The van der Waals surface area contributed by atoms with Crippen molar-refractivity contribution in [2.45, 2.75) is 20.4 Å². The molecule has 0 radical (unpaired) electrons. The molecule has 5 nitrogen and oxygen atoms in total. The Kier molecular flexibility index (Phi) is 7.41. The summed E-state index contributed by atoms with van der Waals surface area (Å²) in [5.41, 5.74) is 0.915. The van der Waals surface area contributed by atoms with Crippen LogP contribution in [0.4, 0.5) is 0 Å². The molecule has 0 atom stereocenters. The first-order valence-electron chi connectivity index (χ1n) is 8.16. The van der Waals surface area contributed by atoms with Gasteiger partial charge in [0.15, 0.2) is 18.1 Å². The lowest BCUT2D eigenvalue weighted by Gasteiger charge is -2.13. The molecule has 0 unspecified atom stereocenters. The lowest BCUT2D eigenvalue weighted by Crippen LogP contribution is -2.28. The summed E-state index contributed by atoms with van der Waals surface area (Å²) in [7, 11) is 0. The normalized spacial score (nSPS) is 10.2. The van der Waals surface area contributed by atoms with Gasteiger partial charge in [0.2, 0.25) is 0 Å². The number of para-hydroxylation sites is 1. The molecule has 1 amide bonds. The summed E-state index contributed by atoms with van der Waals surface area (Å²) < 4.78 is 16.5. The van der Waals surface area contributed by atoms with E-state index in [0.29, 0.717) is 42.0 Å². The summed E-state index contributed by atoms with van der Waals surface area (Å²) in [5.74, 6) is 1.62. The van der Waals surface area contributed by atoms with Crippen LogP contribution in [0.1, 0.15) is 19.4 Å². The molecule has 134 valence electrons. The molecule has 0 saturated heterocycles. The van der Waals surface area contributed by atoms with Crippen LogP contribution in [-0.2, 0) is 11.3 Å². The standard InChI is InChI=1S/C19H22ClNO4/c1-3-23-17-10-9-14(11-18(17)24-4-2)12-21-19(22)13-25-16-8-6-5-7-15(16)20/h5-11H,3-4,12-13H2,1-2H3,(H,21,22). The number of hydrogen-bond donors (Lipinski definition) is 1. The van der Waals surface area contributed by atoms with Crippen molar-refractivity contribution in [3.05, 3.63) is 53.1 Å². The van der Waals surface area contributed by atoms with E-state index in [4.69, 9.17) is 25.8 Å². The molecule has 2 aromatic carbocycles. The summed E-state index contributed by atoms with van der Waals surface area (Å²) in [6.45, 7) is 5.21. The average molecular weight is 364 g/mol. The molecule has 0 spiro atoms. The van der Waals surface area contributed by atoms with Crippen molar-refractivity contribution in [1.29, 1.82) is 0 Å². The van der Waals surface area contributed by atoms with Gasteiger partial charge in [-0.3, -0.25) is 4.79 Å². The van der Waals surface area contributed by atoms with E-state index in [9.17, 15) is 4.79 Å². The second kappa shape index (κ2) is 9.79. The molecular weight excluding hydrogens is 342 g/mol. The fourth-order valence-electron chi connectivity index (χ4n) is 2.16. The van der Waals surface area contributed by atoms with Crippen molar-refractivity contribution in [3.63, 3.8) is 0 Å². The molecule has 0 aliphatic heterocycles. The second-order valence-electron chi connectivity index (χ2n) is 5.14. The fourth-order valence-corrected chi connectivity index (χ4v) is 2.35. The molecule has 0 saturated carbocycles. The van der Waals surface area contributed by atoms with Gasteiger partial charge in [-0.05, 0) is 43.7 Å². The number of nitrogens with one attached hydrogen (secondary N) is 1. The minimum absolute atomic E-state index is 0.0981. The Balaban J connectivity index is 1.88. The Hall–Kier alpha value is -2.40. The van der Waals surface area contributed by atoms with Gasteiger partial charge in [-0.1, -0.05) is 29.8 Å². The predicted molar refractivity (Wildman–Crippen MR) is 97.6 cm³/mol. The number of carbonyl (C=O) groups excluding carboxylic acids is 1. The zero-order chi connectivity index (χ0) is 18.1. The number of carbonyl (C=O) groups is 1. The van der Waals surface area contributed by atoms with Crippen molar-refractivity contribution in [1.82, 2.24) is 5.32 Å². The number of amides is 1. The number of benzene rings is 2. The highest BCUT2D eigenvalue weighted by molar-refractivity contribution is 6.32. The van der Waals surface area contributed by atoms with Crippen molar-refractivity contribution < 1.29 is 19.0 Å². The maximum Gasteiger partial charge on any atom is 0.258 e. The molecule has 2 rings (SSSR count). The first-order valence-corrected chi connectivity index (χ1v) is 8.54. The monoisotopic (exact) mass is 363 g/mol. The van der Waals surface area contributed by atoms with Crippen molar-refractivity contribution >= 4 is 17.5 Å². The molecule has 6 heteroatoms. The third kappa shape index (κ3) is 5.87. The number of rotatable bonds is 9. The highest BCUT2D eigenvalue weighted by Gasteiger charge is 2.08. The van der Waals surface area contributed by atoms with E-state index in [1.807, 2.05) is 32.0 Å². The Bertz CT molecular complexity index is 706. The Morgan fingerprint density at radius 1 is 0.960 bits per heavy atom. The topological polar surface area (TPSA) is 56.8 Å². The van der Waals surface area contributed by atoms with Crippen LogP contribution < -0.4 is 19.5 Å². The highest BCUT2D eigenvalue weighted by atomic mass is 35.5. The minimum Gasteiger partial charge on any atom is -0.490 e. The maximum atomic E-state index is 11.9. The van der Waals surface area contributed by atoms with Gasteiger partial charge >= 0.3 is 0 Å². The van der Waals surface area contributed by atoms with E-state index in [2.05, 4.69) is 5.32 Å². The highest BCUT2D eigenvalue weighted by Crippen LogP contribution is 2.28. The third-order valence-corrected chi connectivity index (χ3v) is 3.61. The van der Waals surface area contributed by atoms with E-state index in [1.165, 1.54) is 0 Å². The Morgan fingerprint density at radius 3 is 2.40 bits per heavy atom. The quantitative estimate of drug-likeness (QED) is 0.735. The van der Waals surface area contributed by atoms with Crippen LogP contribution in [0.15, 0.2) is 42.5 Å². The van der Waals surface area contributed by atoms with Gasteiger partial charge < -0.3 is 19.5 Å². The van der Waals surface area contributed by atoms with Crippen LogP contribution in [0.2, 0.25) is 5.02 Å². The number of ether oxygens (including phenoxy) is 3. The smallest absolute Gasteiger partial charge is 0.258 e. The van der Waals surface area contributed by atoms with E-state index in [-0.39, 0.29) is 12.5 Å². The number of halogens is 1. The zero-order valence-corrected chi connectivity index (χ0v) is 15.1. The number of hydrogen-bond acceptors (Lipinski definition) is 4. The van der Waals surface area contributed by atoms with Gasteiger partial charge in [0, 0.05) is 6.54 Å².